The van der Waals surface area contributed by atoms with Crippen LogP contribution in [0.5, 0.6) is 0 Å². The topological polar surface area (TPSA) is 47.6 Å². The molecule has 1 N–H and O–H groups in total. The minimum absolute atomic E-state index is 0.107. The third-order valence-electron chi connectivity index (χ3n) is 3.22. The van der Waals surface area contributed by atoms with Crippen LogP contribution in [0.3, 0.4) is 0 Å². The van der Waals surface area contributed by atoms with Gasteiger partial charge in [0, 0.05) is 20.1 Å². The second kappa shape index (κ2) is 6.86. The zero-order valence-corrected chi connectivity index (χ0v) is 10.5. The molecule has 0 radical (unpaired) electrons. The third-order valence-corrected chi connectivity index (χ3v) is 3.22. The van der Waals surface area contributed by atoms with Crippen LogP contribution in [-0.2, 0) is 14.3 Å². The van der Waals surface area contributed by atoms with Gasteiger partial charge in [-0.15, -0.1) is 0 Å². The van der Waals surface area contributed by atoms with Gasteiger partial charge in [0.05, 0.1) is 6.04 Å². The quantitative estimate of drug-likeness (QED) is 0.730. The third kappa shape index (κ3) is 3.76. The van der Waals surface area contributed by atoms with Crippen molar-refractivity contribution in [3.8, 4) is 0 Å². The molecule has 1 aliphatic carbocycles. The predicted molar refractivity (Wildman–Crippen MR) is 62.0 cm³/mol. The number of carbonyl (C=O) groups excluding carboxylic acids is 1. The van der Waals surface area contributed by atoms with E-state index in [0.717, 1.165) is 12.8 Å². The zero-order valence-electron chi connectivity index (χ0n) is 10.5. The van der Waals surface area contributed by atoms with Crippen LogP contribution in [0, 0.1) is 5.92 Å². The molecule has 94 valence electrons. The van der Waals surface area contributed by atoms with Crippen LogP contribution in [-0.4, -0.2) is 32.5 Å². The van der Waals surface area contributed by atoms with E-state index in [-0.39, 0.29) is 24.2 Å². The highest BCUT2D eigenvalue weighted by molar-refractivity contribution is 5.79. The van der Waals surface area contributed by atoms with E-state index in [2.05, 4.69) is 5.32 Å². The number of methoxy groups -OCH3 is 2. The molecule has 4 heteroatoms. The van der Waals surface area contributed by atoms with Gasteiger partial charge < -0.3 is 14.8 Å². The van der Waals surface area contributed by atoms with Gasteiger partial charge in [-0.25, -0.2) is 0 Å². The highest BCUT2D eigenvalue weighted by Gasteiger charge is 2.24. The second-order valence-corrected chi connectivity index (χ2v) is 4.47. The van der Waals surface area contributed by atoms with Crippen molar-refractivity contribution in [3.63, 3.8) is 0 Å². The first-order valence-corrected chi connectivity index (χ1v) is 6.05. The fourth-order valence-electron chi connectivity index (χ4n) is 2.28. The van der Waals surface area contributed by atoms with Gasteiger partial charge in [0.2, 0.25) is 5.91 Å². The molecule has 0 heterocycles. The van der Waals surface area contributed by atoms with Crippen LogP contribution in [0.4, 0.5) is 0 Å². The van der Waals surface area contributed by atoms with E-state index in [1.54, 1.807) is 14.2 Å². The molecule has 1 saturated carbocycles. The van der Waals surface area contributed by atoms with Crippen molar-refractivity contribution in [2.75, 3.05) is 14.2 Å². The van der Waals surface area contributed by atoms with Crippen LogP contribution in [0.1, 0.15) is 39.0 Å². The van der Waals surface area contributed by atoms with Crippen LogP contribution in [0.15, 0.2) is 0 Å². The van der Waals surface area contributed by atoms with E-state index < -0.39 is 0 Å². The normalized spacial score (nSPS) is 19.8. The fraction of sp³-hybridized carbons (Fsp3) is 0.917. The molecule has 1 unspecified atom stereocenters. The molecule has 0 bridgehead atoms. The summed E-state index contributed by atoms with van der Waals surface area (Å²) in [5, 5.41) is 2.96. The first kappa shape index (κ1) is 13.5. The standard InChI is InChI=1S/C12H23NO3/c1-9(12(15-2)16-3)13-11(14)10-7-5-4-6-8-10/h9-10,12H,4-8H2,1-3H3,(H,13,14). The molecular formula is C12H23NO3. The van der Waals surface area contributed by atoms with E-state index in [1.165, 1.54) is 19.3 Å². The van der Waals surface area contributed by atoms with Gasteiger partial charge in [-0.3, -0.25) is 4.79 Å². The molecule has 1 fully saturated rings. The first-order chi connectivity index (χ1) is 7.69. The number of rotatable bonds is 5. The number of hydrogen-bond acceptors (Lipinski definition) is 3. The van der Waals surface area contributed by atoms with Crippen LogP contribution in [0.25, 0.3) is 0 Å². The molecule has 0 spiro atoms. The van der Waals surface area contributed by atoms with Gasteiger partial charge in [-0.1, -0.05) is 19.3 Å². The molecule has 1 atom stereocenters. The van der Waals surface area contributed by atoms with Gasteiger partial charge >= 0.3 is 0 Å². The number of amides is 1. The number of nitrogens with one attached hydrogen (secondary N) is 1. The van der Waals surface area contributed by atoms with Gasteiger partial charge in [0.25, 0.3) is 0 Å². The summed E-state index contributed by atoms with van der Waals surface area (Å²) in [7, 11) is 3.16. The van der Waals surface area contributed by atoms with Crippen molar-refractivity contribution in [1.82, 2.24) is 5.32 Å². The smallest absolute Gasteiger partial charge is 0.223 e. The highest BCUT2D eigenvalue weighted by atomic mass is 16.7. The summed E-state index contributed by atoms with van der Waals surface area (Å²) >= 11 is 0. The monoisotopic (exact) mass is 229 g/mol. The van der Waals surface area contributed by atoms with Gasteiger partial charge in [0.1, 0.15) is 0 Å². The van der Waals surface area contributed by atoms with Crippen molar-refractivity contribution in [3.05, 3.63) is 0 Å². The minimum atomic E-state index is -0.368. The van der Waals surface area contributed by atoms with Gasteiger partial charge in [-0.2, -0.15) is 0 Å². The zero-order chi connectivity index (χ0) is 12.0. The van der Waals surface area contributed by atoms with E-state index in [9.17, 15) is 4.79 Å². The van der Waals surface area contributed by atoms with Crippen LogP contribution < -0.4 is 5.32 Å². The van der Waals surface area contributed by atoms with E-state index in [4.69, 9.17) is 9.47 Å². The highest BCUT2D eigenvalue weighted by Crippen LogP contribution is 2.23. The Morgan fingerprint density at radius 1 is 1.19 bits per heavy atom. The minimum Gasteiger partial charge on any atom is -0.354 e. The Kier molecular flexibility index (Phi) is 5.77. The van der Waals surface area contributed by atoms with E-state index in [0.29, 0.717) is 0 Å². The molecule has 1 amide bonds. The Morgan fingerprint density at radius 3 is 2.25 bits per heavy atom. The molecule has 0 saturated heterocycles. The molecule has 0 aromatic carbocycles. The number of carbonyl (C=O) groups is 1. The molecule has 0 aromatic rings. The Bertz CT molecular complexity index is 210. The molecule has 1 rings (SSSR count). The summed E-state index contributed by atoms with van der Waals surface area (Å²) < 4.78 is 10.2. The second-order valence-electron chi connectivity index (χ2n) is 4.47. The Labute approximate surface area is 97.7 Å². The molecular weight excluding hydrogens is 206 g/mol. The lowest BCUT2D eigenvalue weighted by Gasteiger charge is -2.26. The van der Waals surface area contributed by atoms with Crippen molar-refractivity contribution in [2.45, 2.75) is 51.4 Å². The maximum Gasteiger partial charge on any atom is 0.223 e. The summed E-state index contributed by atoms with van der Waals surface area (Å²) in [4.78, 5) is 11.9. The Morgan fingerprint density at radius 2 is 1.75 bits per heavy atom. The summed E-state index contributed by atoms with van der Waals surface area (Å²) in [6.45, 7) is 1.90. The van der Waals surface area contributed by atoms with Crippen molar-refractivity contribution in [2.24, 2.45) is 5.92 Å². The molecule has 16 heavy (non-hydrogen) atoms. The lowest BCUT2D eigenvalue weighted by atomic mass is 9.88. The Balaban J connectivity index is 2.37. The van der Waals surface area contributed by atoms with Gasteiger partial charge in [0.15, 0.2) is 6.29 Å². The van der Waals surface area contributed by atoms with Crippen molar-refractivity contribution in [1.29, 1.82) is 0 Å². The number of hydrogen-bond donors (Lipinski definition) is 1. The largest absolute Gasteiger partial charge is 0.354 e. The lowest BCUT2D eigenvalue weighted by molar-refractivity contribution is -0.139. The average Bonchev–Trinajstić information content (AvgIpc) is 2.31. The van der Waals surface area contributed by atoms with E-state index >= 15 is 0 Å². The van der Waals surface area contributed by atoms with E-state index in [1.807, 2.05) is 6.92 Å². The predicted octanol–water partition coefficient (Wildman–Crippen LogP) is 1.69. The first-order valence-electron chi connectivity index (χ1n) is 6.05. The maximum atomic E-state index is 11.9. The van der Waals surface area contributed by atoms with Gasteiger partial charge in [-0.05, 0) is 19.8 Å². The molecule has 4 nitrogen and oxygen atoms in total. The van der Waals surface area contributed by atoms with Crippen LogP contribution >= 0.6 is 0 Å². The molecule has 0 aromatic heterocycles. The summed E-state index contributed by atoms with van der Waals surface area (Å²) in [5.74, 6) is 0.330. The van der Waals surface area contributed by atoms with Crippen molar-refractivity contribution < 1.29 is 14.3 Å². The van der Waals surface area contributed by atoms with Crippen LogP contribution in [0.2, 0.25) is 0 Å². The number of ether oxygens (including phenoxy) is 2. The Hall–Kier alpha value is -0.610. The average molecular weight is 229 g/mol. The molecule has 1 aliphatic rings. The summed E-state index contributed by atoms with van der Waals surface area (Å²) in [5.41, 5.74) is 0. The maximum absolute atomic E-state index is 11.9. The summed E-state index contributed by atoms with van der Waals surface area (Å²) in [6, 6.07) is -0.107. The molecule has 0 aliphatic heterocycles. The summed E-state index contributed by atoms with van der Waals surface area (Å²) in [6.07, 6.45) is 5.27. The van der Waals surface area contributed by atoms with Crippen molar-refractivity contribution >= 4 is 5.91 Å². The fourth-order valence-corrected chi connectivity index (χ4v) is 2.28. The lowest BCUT2D eigenvalue weighted by Crippen LogP contribution is -2.45. The SMILES string of the molecule is COC(OC)C(C)NC(=O)C1CCCCC1.